The van der Waals surface area contributed by atoms with E-state index in [0.717, 1.165) is 29.7 Å². The number of hydrogen-bond donors (Lipinski definition) is 2. The second-order valence-electron chi connectivity index (χ2n) is 10.7. The summed E-state index contributed by atoms with van der Waals surface area (Å²) < 4.78 is 0. The fourth-order valence-electron chi connectivity index (χ4n) is 7.12. The first kappa shape index (κ1) is 23.9. The number of nitrogens with one attached hydrogen (secondary N) is 2. The standard InChI is InChI=1S/C26H33N3O2S.CH4/c1-13-6-14(2)21(15(3)7-13)28-23(30)22-17(5)27-25(32-22)29-24(31)26-11-18-8-19(12-26)10-20(9-18)16(26)4;/h6-7,16,18-20H,8-12H2,1-5H3,(H,28,30)(H,27,29,31);1H4/t16?,18-,19?,20?,26?;/m1./s1. The number of hydrogen-bond acceptors (Lipinski definition) is 4. The normalized spacial score (nSPS) is 29.5. The Hall–Kier alpha value is -2.21. The van der Waals surface area contributed by atoms with Crippen molar-refractivity contribution in [2.24, 2.45) is 29.1 Å². The van der Waals surface area contributed by atoms with Crippen LogP contribution in [0.25, 0.3) is 0 Å². The van der Waals surface area contributed by atoms with Gasteiger partial charge in [-0.15, -0.1) is 0 Å². The number of rotatable bonds is 4. The van der Waals surface area contributed by atoms with Gasteiger partial charge in [-0.25, -0.2) is 4.98 Å². The molecule has 33 heavy (non-hydrogen) atoms. The zero-order valence-electron chi connectivity index (χ0n) is 19.7. The first-order valence-corrected chi connectivity index (χ1v) is 12.7. The SMILES string of the molecule is C.Cc1cc(C)c(NC(=O)c2sc(NC(=O)C34CC5CC(C[C@@H](C5)C3)C4C)nc2C)c(C)c1. The van der Waals surface area contributed by atoms with Gasteiger partial charge in [0, 0.05) is 5.69 Å². The van der Waals surface area contributed by atoms with E-state index in [0.29, 0.717) is 39.4 Å². The first-order chi connectivity index (χ1) is 15.2. The number of carbonyl (C=O) groups is 2. The zero-order chi connectivity index (χ0) is 22.8. The van der Waals surface area contributed by atoms with Crippen LogP contribution in [-0.4, -0.2) is 16.8 Å². The van der Waals surface area contributed by atoms with Gasteiger partial charge in [0.15, 0.2) is 5.13 Å². The van der Waals surface area contributed by atoms with Gasteiger partial charge in [-0.2, -0.15) is 0 Å². The number of nitrogens with zero attached hydrogens (tertiary/aromatic N) is 1. The molecule has 5 atom stereocenters. The third kappa shape index (κ3) is 4.01. The summed E-state index contributed by atoms with van der Waals surface area (Å²) in [6, 6.07) is 4.14. The number of amides is 2. The molecule has 0 spiro atoms. The summed E-state index contributed by atoms with van der Waals surface area (Å²) >= 11 is 1.28. The number of benzene rings is 1. The summed E-state index contributed by atoms with van der Waals surface area (Å²) in [5.74, 6) is 2.47. The Kier molecular flexibility index (Phi) is 6.19. The van der Waals surface area contributed by atoms with Crippen LogP contribution in [0.2, 0.25) is 0 Å². The molecule has 0 radical (unpaired) electrons. The van der Waals surface area contributed by atoms with Gasteiger partial charge < -0.3 is 10.6 Å². The van der Waals surface area contributed by atoms with Gasteiger partial charge >= 0.3 is 0 Å². The van der Waals surface area contributed by atoms with Crippen molar-refractivity contribution in [2.45, 2.75) is 74.1 Å². The minimum atomic E-state index is -0.257. The van der Waals surface area contributed by atoms with E-state index in [1.807, 2.05) is 20.8 Å². The van der Waals surface area contributed by atoms with E-state index in [1.54, 1.807) is 0 Å². The summed E-state index contributed by atoms with van der Waals surface area (Å²) in [6.45, 7) is 10.2. The third-order valence-electron chi connectivity index (χ3n) is 8.41. The molecule has 4 unspecified atom stereocenters. The second-order valence-corrected chi connectivity index (χ2v) is 11.7. The molecule has 1 heterocycles. The van der Waals surface area contributed by atoms with E-state index in [-0.39, 0.29) is 24.7 Å². The maximum atomic E-state index is 13.5. The van der Waals surface area contributed by atoms with Gasteiger partial charge in [0.25, 0.3) is 5.91 Å². The number of anilines is 2. The van der Waals surface area contributed by atoms with Gasteiger partial charge in [-0.3, -0.25) is 9.59 Å². The third-order valence-corrected chi connectivity index (χ3v) is 9.49. The molecule has 0 saturated heterocycles. The molecule has 4 bridgehead atoms. The quantitative estimate of drug-likeness (QED) is 0.528. The number of aromatic nitrogens is 1. The Bertz CT molecular complexity index is 1070. The van der Waals surface area contributed by atoms with E-state index < -0.39 is 0 Å². The lowest BCUT2D eigenvalue weighted by atomic mass is 9.45. The van der Waals surface area contributed by atoms with E-state index in [1.165, 1.54) is 36.2 Å². The molecule has 6 rings (SSSR count). The first-order valence-electron chi connectivity index (χ1n) is 11.8. The van der Waals surface area contributed by atoms with Gasteiger partial charge in [-0.05, 0) is 94.6 Å². The minimum absolute atomic E-state index is 0. The van der Waals surface area contributed by atoms with Crippen LogP contribution in [0.5, 0.6) is 0 Å². The van der Waals surface area contributed by atoms with Crippen molar-refractivity contribution in [1.29, 1.82) is 0 Å². The Morgan fingerprint density at radius 2 is 1.61 bits per heavy atom. The van der Waals surface area contributed by atoms with Gasteiger partial charge in [-0.1, -0.05) is 43.4 Å². The molecule has 1 aromatic heterocycles. The maximum Gasteiger partial charge on any atom is 0.267 e. The highest BCUT2D eigenvalue weighted by molar-refractivity contribution is 7.17. The Labute approximate surface area is 201 Å². The fraction of sp³-hybridized carbons (Fsp3) is 0.593. The predicted molar refractivity (Wildman–Crippen MR) is 136 cm³/mol. The summed E-state index contributed by atoms with van der Waals surface area (Å²) in [5.41, 5.74) is 4.51. The topological polar surface area (TPSA) is 71.1 Å². The van der Waals surface area contributed by atoms with Crippen molar-refractivity contribution >= 4 is 34.0 Å². The second kappa shape index (κ2) is 8.53. The molecule has 4 saturated carbocycles. The van der Waals surface area contributed by atoms with Crippen LogP contribution >= 0.6 is 11.3 Å². The molecule has 0 aliphatic heterocycles. The Morgan fingerprint density at radius 1 is 1.00 bits per heavy atom. The summed E-state index contributed by atoms with van der Waals surface area (Å²) in [5, 5.41) is 6.73. The average Bonchev–Trinajstić information content (AvgIpc) is 3.08. The molecular formula is C27H37N3O2S. The summed E-state index contributed by atoms with van der Waals surface area (Å²) in [7, 11) is 0. The highest BCUT2D eigenvalue weighted by atomic mass is 32.1. The lowest BCUT2D eigenvalue weighted by Gasteiger charge is -2.59. The van der Waals surface area contributed by atoms with Crippen LogP contribution in [-0.2, 0) is 4.79 Å². The summed E-state index contributed by atoms with van der Waals surface area (Å²) in [4.78, 5) is 31.7. The van der Waals surface area contributed by atoms with Crippen molar-refractivity contribution < 1.29 is 9.59 Å². The van der Waals surface area contributed by atoms with Crippen molar-refractivity contribution in [2.75, 3.05) is 10.6 Å². The smallest absolute Gasteiger partial charge is 0.267 e. The highest BCUT2D eigenvalue weighted by Gasteiger charge is 2.58. The molecule has 1 aromatic carbocycles. The van der Waals surface area contributed by atoms with E-state index in [9.17, 15) is 9.59 Å². The van der Waals surface area contributed by atoms with Crippen LogP contribution < -0.4 is 10.6 Å². The molecule has 4 aliphatic carbocycles. The van der Waals surface area contributed by atoms with Gasteiger partial charge in [0.2, 0.25) is 5.91 Å². The highest BCUT2D eigenvalue weighted by Crippen LogP contribution is 2.63. The zero-order valence-corrected chi connectivity index (χ0v) is 20.5. The van der Waals surface area contributed by atoms with Crippen LogP contribution in [0.4, 0.5) is 10.8 Å². The molecule has 5 nitrogen and oxygen atoms in total. The Balaban J connectivity index is 0.00000259. The van der Waals surface area contributed by atoms with Crippen molar-refractivity contribution in [3.8, 4) is 0 Å². The van der Waals surface area contributed by atoms with Gasteiger partial charge in [0.05, 0.1) is 11.1 Å². The molecule has 6 heteroatoms. The van der Waals surface area contributed by atoms with Crippen molar-refractivity contribution in [3.63, 3.8) is 0 Å². The predicted octanol–water partition coefficient (Wildman–Crippen LogP) is 6.67. The Morgan fingerprint density at radius 3 is 2.21 bits per heavy atom. The molecule has 2 aromatic rings. The maximum absolute atomic E-state index is 13.5. The van der Waals surface area contributed by atoms with Crippen LogP contribution in [0.1, 0.15) is 78.5 Å². The van der Waals surface area contributed by atoms with Crippen LogP contribution in [0.15, 0.2) is 12.1 Å². The average molecular weight is 468 g/mol. The molecule has 178 valence electrons. The van der Waals surface area contributed by atoms with Crippen LogP contribution in [0.3, 0.4) is 0 Å². The fourth-order valence-corrected chi connectivity index (χ4v) is 7.97. The molecule has 4 fully saturated rings. The van der Waals surface area contributed by atoms with Gasteiger partial charge in [0.1, 0.15) is 4.88 Å². The number of carbonyl (C=O) groups excluding carboxylic acids is 2. The van der Waals surface area contributed by atoms with Crippen LogP contribution in [0, 0.1) is 56.8 Å². The minimum Gasteiger partial charge on any atom is -0.321 e. The number of aryl methyl sites for hydroxylation is 4. The molecule has 2 N–H and O–H groups in total. The summed E-state index contributed by atoms with van der Waals surface area (Å²) in [6.07, 6.45) is 5.92. The van der Waals surface area contributed by atoms with Crippen molar-refractivity contribution in [3.05, 3.63) is 39.4 Å². The molecule has 2 amide bonds. The van der Waals surface area contributed by atoms with E-state index >= 15 is 0 Å². The largest absolute Gasteiger partial charge is 0.321 e. The van der Waals surface area contributed by atoms with Crippen molar-refractivity contribution in [1.82, 2.24) is 4.98 Å². The molecule has 4 aliphatic rings. The lowest BCUT2D eigenvalue weighted by molar-refractivity contribution is -0.151. The van der Waals surface area contributed by atoms with E-state index in [4.69, 9.17) is 0 Å². The van der Waals surface area contributed by atoms with E-state index in [2.05, 4.69) is 41.6 Å². The molecular weight excluding hydrogens is 430 g/mol. The lowest BCUT2D eigenvalue weighted by Crippen LogP contribution is -2.56. The number of thiazole rings is 1. The monoisotopic (exact) mass is 467 g/mol.